The van der Waals surface area contributed by atoms with Crippen molar-refractivity contribution >= 4 is 38.9 Å². The molecule has 5 heteroatoms. The molecule has 0 spiro atoms. The van der Waals surface area contributed by atoms with E-state index in [9.17, 15) is 9.90 Å². The van der Waals surface area contributed by atoms with E-state index in [0.29, 0.717) is 0 Å². The van der Waals surface area contributed by atoms with Crippen molar-refractivity contribution in [3.63, 3.8) is 0 Å². The summed E-state index contributed by atoms with van der Waals surface area (Å²) in [6.45, 7) is 1.97. The van der Waals surface area contributed by atoms with Gasteiger partial charge in [0, 0.05) is 10.6 Å². The first-order valence-corrected chi connectivity index (χ1v) is 6.98. The molecule has 1 heterocycles. The third-order valence-corrected chi connectivity index (χ3v) is 4.14. The number of halogens is 1. The molecule has 3 nitrogen and oxygen atoms in total. The lowest BCUT2D eigenvalue weighted by Crippen LogP contribution is -2.19. The van der Waals surface area contributed by atoms with Gasteiger partial charge >= 0.3 is 5.97 Å². The van der Waals surface area contributed by atoms with E-state index in [-0.39, 0.29) is 0 Å². The molecule has 1 aromatic heterocycles. The van der Waals surface area contributed by atoms with Crippen LogP contribution in [-0.2, 0) is 4.79 Å². The molecule has 2 N–H and O–H groups in total. The Balaban J connectivity index is 2.24. The van der Waals surface area contributed by atoms with Gasteiger partial charge in [0.05, 0.1) is 3.79 Å². The van der Waals surface area contributed by atoms with Gasteiger partial charge in [-0.25, -0.2) is 4.79 Å². The molecule has 1 aromatic carbocycles. The Morgan fingerprint density at radius 3 is 2.72 bits per heavy atom. The summed E-state index contributed by atoms with van der Waals surface area (Å²) in [5.41, 5.74) is 1.91. The van der Waals surface area contributed by atoms with Crippen LogP contribution >= 0.6 is 27.3 Å². The fourth-order valence-electron chi connectivity index (χ4n) is 1.64. The second kappa shape index (κ2) is 5.54. The number of aryl methyl sites for hydroxylation is 1. The quantitative estimate of drug-likeness (QED) is 0.891. The third-order valence-electron chi connectivity index (χ3n) is 2.45. The van der Waals surface area contributed by atoms with Crippen molar-refractivity contribution in [3.05, 3.63) is 50.6 Å². The van der Waals surface area contributed by atoms with E-state index in [4.69, 9.17) is 0 Å². The van der Waals surface area contributed by atoms with Gasteiger partial charge < -0.3 is 10.4 Å². The number of rotatable bonds is 4. The smallest absolute Gasteiger partial charge is 0.331 e. The second-order valence-corrected chi connectivity index (χ2v) is 6.42. The van der Waals surface area contributed by atoms with Crippen LogP contribution in [0.15, 0.2) is 40.2 Å². The first-order valence-electron chi connectivity index (χ1n) is 5.37. The van der Waals surface area contributed by atoms with Crippen molar-refractivity contribution in [2.75, 3.05) is 5.32 Å². The van der Waals surface area contributed by atoms with Crippen molar-refractivity contribution < 1.29 is 9.90 Å². The minimum atomic E-state index is -0.883. The molecule has 0 aliphatic rings. The number of anilines is 1. The van der Waals surface area contributed by atoms with E-state index in [1.165, 1.54) is 11.3 Å². The molecule has 0 radical (unpaired) electrons. The number of carboxylic acid groups (broad SMARTS) is 1. The van der Waals surface area contributed by atoms with Gasteiger partial charge in [-0.2, -0.15) is 0 Å². The van der Waals surface area contributed by atoms with Crippen LogP contribution in [0.2, 0.25) is 0 Å². The van der Waals surface area contributed by atoms with Gasteiger partial charge in [0.2, 0.25) is 0 Å². The molecule has 0 aliphatic carbocycles. The summed E-state index contributed by atoms with van der Waals surface area (Å²) >= 11 is 4.77. The van der Waals surface area contributed by atoms with Gasteiger partial charge in [-0.15, -0.1) is 11.3 Å². The van der Waals surface area contributed by atoms with Gasteiger partial charge in [-0.1, -0.05) is 12.1 Å². The topological polar surface area (TPSA) is 49.3 Å². The Hall–Kier alpha value is -1.33. The normalized spacial score (nSPS) is 12.1. The minimum Gasteiger partial charge on any atom is -0.479 e. The Morgan fingerprint density at radius 1 is 1.39 bits per heavy atom. The van der Waals surface area contributed by atoms with Gasteiger partial charge in [0.1, 0.15) is 0 Å². The van der Waals surface area contributed by atoms with E-state index >= 15 is 0 Å². The predicted molar refractivity (Wildman–Crippen MR) is 77.2 cm³/mol. The van der Waals surface area contributed by atoms with Crippen molar-refractivity contribution in [3.8, 4) is 0 Å². The maximum absolute atomic E-state index is 11.3. The molecule has 0 saturated heterocycles. The molecule has 2 aromatic rings. The van der Waals surface area contributed by atoms with Crippen LogP contribution < -0.4 is 5.32 Å². The Kier molecular flexibility index (Phi) is 4.04. The first kappa shape index (κ1) is 13.1. The lowest BCUT2D eigenvalue weighted by molar-refractivity contribution is -0.138. The summed E-state index contributed by atoms with van der Waals surface area (Å²) in [6, 6.07) is 10.6. The SMILES string of the molecule is Cc1cccc(NC(C(=O)O)c2ccc(Br)s2)c1. The summed E-state index contributed by atoms with van der Waals surface area (Å²) in [5.74, 6) is -0.883. The molecule has 0 amide bonds. The van der Waals surface area contributed by atoms with Crippen molar-refractivity contribution in [2.24, 2.45) is 0 Å². The molecule has 18 heavy (non-hydrogen) atoms. The number of hydrogen-bond donors (Lipinski definition) is 2. The highest BCUT2D eigenvalue weighted by Crippen LogP contribution is 2.29. The summed E-state index contributed by atoms with van der Waals surface area (Å²) < 4.78 is 0.926. The third kappa shape index (κ3) is 3.11. The van der Waals surface area contributed by atoms with E-state index in [2.05, 4.69) is 21.2 Å². The number of hydrogen-bond acceptors (Lipinski definition) is 3. The van der Waals surface area contributed by atoms with E-state index < -0.39 is 12.0 Å². The molecule has 94 valence electrons. The monoisotopic (exact) mass is 325 g/mol. The largest absolute Gasteiger partial charge is 0.479 e. The van der Waals surface area contributed by atoms with Gasteiger partial charge in [-0.3, -0.25) is 0 Å². The van der Waals surface area contributed by atoms with E-state index in [1.807, 2.05) is 43.3 Å². The Bertz CT molecular complexity index is 568. The molecule has 0 fully saturated rings. The average molecular weight is 326 g/mol. The zero-order valence-corrected chi connectivity index (χ0v) is 12.1. The fraction of sp³-hybridized carbons (Fsp3) is 0.154. The van der Waals surface area contributed by atoms with Crippen LogP contribution in [0.3, 0.4) is 0 Å². The number of aliphatic carboxylic acids is 1. The number of thiophene rings is 1. The summed E-state index contributed by atoms with van der Waals surface area (Å²) in [5, 5.41) is 12.3. The predicted octanol–water partition coefficient (Wildman–Crippen LogP) is 4.06. The summed E-state index contributed by atoms with van der Waals surface area (Å²) in [6.07, 6.45) is 0. The second-order valence-electron chi connectivity index (χ2n) is 3.93. The molecule has 0 bridgehead atoms. The van der Waals surface area contributed by atoms with Crippen molar-refractivity contribution in [1.82, 2.24) is 0 Å². The highest BCUT2D eigenvalue weighted by atomic mass is 79.9. The van der Waals surface area contributed by atoms with Crippen LogP contribution in [0, 0.1) is 6.92 Å². The lowest BCUT2D eigenvalue weighted by Gasteiger charge is -2.14. The molecular weight excluding hydrogens is 314 g/mol. The lowest BCUT2D eigenvalue weighted by atomic mass is 10.2. The molecule has 0 saturated carbocycles. The van der Waals surface area contributed by atoms with E-state index in [0.717, 1.165) is 19.9 Å². The van der Waals surface area contributed by atoms with Gasteiger partial charge in [0.15, 0.2) is 6.04 Å². The van der Waals surface area contributed by atoms with Gasteiger partial charge in [0.25, 0.3) is 0 Å². The van der Waals surface area contributed by atoms with Gasteiger partial charge in [-0.05, 0) is 52.7 Å². The zero-order valence-electron chi connectivity index (χ0n) is 9.68. The van der Waals surface area contributed by atoms with Crippen LogP contribution in [0.1, 0.15) is 16.5 Å². The highest BCUT2D eigenvalue weighted by molar-refractivity contribution is 9.11. The maximum atomic E-state index is 11.3. The minimum absolute atomic E-state index is 0.719. The van der Waals surface area contributed by atoms with Crippen LogP contribution in [0.5, 0.6) is 0 Å². The molecule has 2 rings (SSSR count). The Labute approximate surface area is 118 Å². The first-order chi connectivity index (χ1) is 8.56. The van der Waals surface area contributed by atoms with Crippen molar-refractivity contribution in [1.29, 1.82) is 0 Å². The van der Waals surface area contributed by atoms with E-state index in [1.54, 1.807) is 0 Å². The molecular formula is C13H12BrNO2S. The van der Waals surface area contributed by atoms with Crippen LogP contribution in [0.25, 0.3) is 0 Å². The number of carboxylic acids is 1. The maximum Gasteiger partial charge on any atom is 0.331 e. The fourth-order valence-corrected chi connectivity index (χ4v) is 3.11. The standard InChI is InChI=1S/C13H12BrNO2S/c1-8-3-2-4-9(7-8)15-12(13(16)17)10-5-6-11(14)18-10/h2-7,12,15H,1H3,(H,16,17). The number of benzene rings is 1. The summed E-state index contributed by atoms with van der Waals surface area (Å²) in [7, 11) is 0. The molecule has 1 unspecified atom stereocenters. The van der Waals surface area contributed by atoms with Crippen molar-refractivity contribution in [2.45, 2.75) is 13.0 Å². The highest BCUT2D eigenvalue weighted by Gasteiger charge is 2.21. The Morgan fingerprint density at radius 2 is 2.17 bits per heavy atom. The molecule has 0 aliphatic heterocycles. The van der Waals surface area contributed by atoms with Crippen LogP contribution in [-0.4, -0.2) is 11.1 Å². The molecule has 1 atom stereocenters. The average Bonchev–Trinajstić information content (AvgIpc) is 2.72. The summed E-state index contributed by atoms with van der Waals surface area (Å²) in [4.78, 5) is 12.1. The number of carbonyl (C=O) groups is 1. The number of nitrogens with one attached hydrogen (secondary N) is 1. The zero-order chi connectivity index (χ0) is 13.1. The van der Waals surface area contributed by atoms with Crippen LogP contribution in [0.4, 0.5) is 5.69 Å².